The van der Waals surface area contributed by atoms with Crippen LogP contribution in [0.5, 0.6) is 0 Å². The molecule has 2 amide bonds. The molecule has 1 aromatic carbocycles. The fraction of sp³-hybridized carbons (Fsp3) is 0.600. The molecule has 6 rings (SSSR count). The number of benzene rings is 1. The summed E-state index contributed by atoms with van der Waals surface area (Å²) in [4.78, 5) is 34.4. The van der Waals surface area contributed by atoms with Gasteiger partial charge in [0.2, 0.25) is 11.8 Å². The van der Waals surface area contributed by atoms with E-state index in [2.05, 4.69) is 20.7 Å². The molecular weight excluding hydrogens is 530 g/mol. The Labute approximate surface area is 237 Å². The first-order valence-electron chi connectivity index (χ1n) is 14.8. The first kappa shape index (κ1) is 27.8. The van der Waals surface area contributed by atoms with Gasteiger partial charge < -0.3 is 20.4 Å². The van der Waals surface area contributed by atoms with Crippen LogP contribution in [0, 0.1) is 11.8 Å². The summed E-state index contributed by atoms with van der Waals surface area (Å²) in [6, 6.07) is 6.99. The number of hydrogen-bond donors (Lipinski definition) is 3. The van der Waals surface area contributed by atoms with Crippen LogP contribution in [0.3, 0.4) is 0 Å². The van der Waals surface area contributed by atoms with Gasteiger partial charge in [0, 0.05) is 38.1 Å². The molecule has 3 N–H and O–H groups in total. The predicted octanol–water partition coefficient (Wildman–Crippen LogP) is 5.38. The third-order valence-corrected chi connectivity index (χ3v) is 8.50. The molecule has 3 atom stereocenters. The number of aromatic nitrogens is 4. The molecule has 0 bridgehead atoms. The maximum absolute atomic E-state index is 13.4. The molecule has 9 nitrogen and oxygen atoms in total. The zero-order valence-electron chi connectivity index (χ0n) is 23.5. The van der Waals surface area contributed by atoms with E-state index in [4.69, 9.17) is 9.72 Å². The van der Waals surface area contributed by atoms with Crippen molar-refractivity contribution in [3.05, 3.63) is 47.5 Å². The minimum atomic E-state index is -2.63. The molecule has 1 saturated heterocycles. The average Bonchev–Trinajstić information content (AvgIpc) is 3.47. The molecule has 3 heterocycles. The number of imidazole rings is 1. The van der Waals surface area contributed by atoms with E-state index in [-0.39, 0.29) is 55.2 Å². The maximum atomic E-state index is 13.4. The number of alkyl halides is 2. The van der Waals surface area contributed by atoms with Crippen LogP contribution >= 0.6 is 0 Å². The van der Waals surface area contributed by atoms with Gasteiger partial charge in [-0.25, -0.2) is 13.8 Å². The fourth-order valence-corrected chi connectivity index (χ4v) is 6.20. The largest absolute Gasteiger partial charge is 0.376 e. The summed E-state index contributed by atoms with van der Waals surface area (Å²) in [6.45, 7) is 4.59. The summed E-state index contributed by atoms with van der Waals surface area (Å²) < 4.78 is 34.3. The van der Waals surface area contributed by atoms with Crippen LogP contribution in [-0.4, -0.2) is 50.2 Å². The molecule has 3 aliphatic rings. The van der Waals surface area contributed by atoms with E-state index in [1.54, 1.807) is 16.9 Å². The van der Waals surface area contributed by atoms with Crippen molar-refractivity contribution in [1.82, 2.24) is 30.4 Å². The van der Waals surface area contributed by atoms with Gasteiger partial charge in [-0.3, -0.25) is 14.3 Å². The van der Waals surface area contributed by atoms with E-state index in [0.717, 1.165) is 48.7 Å². The smallest absolute Gasteiger partial charge is 0.270 e. The molecule has 1 unspecified atom stereocenters. The Kier molecular flexibility index (Phi) is 7.56. The zero-order valence-corrected chi connectivity index (χ0v) is 23.5. The Bertz CT molecular complexity index is 1400. The number of ether oxygens (including phenoxy) is 1. The van der Waals surface area contributed by atoms with E-state index in [1.807, 2.05) is 32.0 Å². The van der Waals surface area contributed by atoms with Crippen molar-refractivity contribution in [3.63, 3.8) is 0 Å². The lowest BCUT2D eigenvalue weighted by Gasteiger charge is -2.34. The second-order valence-corrected chi connectivity index (χ2v) is 12.2. The first-order valence-corrected chi connectivity index (χ1v) is 14.8. The van der Waals surface area contributed by atoms with Crippen LogP contribution in [0.15, 0.2) is 30.5 Å². The van der Waals surface area contributed by atoms with E-state index < -0.39 is 12.0 Å². The summed E-state index contributed by atoms with van der Waals surface area (Å²) >= 11 is 0. The Morgan fingerprint density at radius 1 is 1.12 bits per heavy atom. The molecule has 3 fully saturated rings. The van der Waals surface area contributed by atoms with Gasteiger partial charge in [-0.2, -0.15) is 5.10 Å². The predicted molar refractivity (Wildman–Crippen MR) is 148 cm³/mol. The van der Waals surface area contributed by atoms with E-state index in [0.29, 0.717) is 24.0 Å². The quantitative estimate of drug-likeness (QED) is 0.304. The zero-order chi connectivity index (χ0) is 28.7. The molecule has 2 aromatic heterocycles. The van der Waals surface area contributed by atoms with Crippen LogP contribution in [0.1, 0.15) is 105 Å². The highest BCUT2D eigenvalue weighted by atomic mass is 19.3. The molecular formula is C30H38F2N6O3. The number of nitrogens with one attached hydrogen (secondary N) is 3. The van der Waals surface area contributed by atoms with Gasteiger partial charge in [0.25, 0.3) is 5.91 Å². The number of aromatic amines is 1. The topological polar surface area (TPSA) is 114 Å². The average molecular weight is 569 g/mol. The Balaban J connectivity index is 1.22. The first-order chi connectivity index (χ1) is 19.7. The molecule has 41 heavy (non-hydrogen) atoms. The van der Waals surface area contributed by atoms with Crippen LogP contribution in [0.25, 0.3) is 11.0 Å². The highest BCUT2D eigenvalue weighted by molar-refractivity contribution is 5.93. The third-order valence-electron chi connectivity index (χ3n) is 8.50. The summed E-state index contributed by atoms with van der Waals surface area (Å²) in [7, 11) is 0. The maximum Gasteiger partial charge on any atom is 0.270 e. The highest BCUT2D eigenvalue weighted by Crippen LogP contribution is 2.45. The molecule has 2 aliphatic carbocycles. The van der Waals surface area contributed by atoms with Gasteiger partial charge in [-0.05, 0) is 81.5 Å². The van der Waals surface area contributed by atoms with Gasteiger partial charge in [0.05, 0.1) is 23.2 Å². The van der Waals surface area contributed by atoms with Crippen molar-refractivity contribution < 1.29 is 23.1 Å². The molecule has 11 heteroatoms. The lowest BCUT2D eigenvalue weighted by molar-refractivity contribution is -0.134. The number of rotatable bonds is 10. The van der Waals surface area contributed by atoms with Crippen molar-refractivity contribution >= 4 is 22.8 Å². The number of halogens is 2. The van der Waals surface area contributed by atoms with Gasteiger partial charge in [0.1, 0.15) is 17.6 Å². The molecule has 0 radical (unpaired) electrons. The van der Waals surface area contributed by atoms with Gasteiger partial charge in [0.15, 0.2) is 0 Å². The summed E-state index contributed by atoms with van der Waals surface area (Å²) in [5, 5.41) is 10.6. The summed E-state index contributed by atoms with van der Waals surface area (Å²) in [5.41, 5.74) is 2.99. The van der Waals surface area contributed by atoms with E-state index in [9.17, 15) is 18.4 Å². The van der Waals surface area contributed by atoms with Gasteiger partial charge in [-0.15, -0.1) is 0 Å². The van der Waals surface area contributed by atoms with Gasteiger partial charge >= 0.3 is 0 Å². The number of fused-ring (bicyclic) bond motifs is 1. The van der Waals surface area contributed by atoms with Crippen LogP contribution in [0.2, 0.25) is 0 Å². The Morgan fingerprint density at radius 2 is 1.93 bits per heavy atom. The molecule has 0 spiro atoms. The van der Waals surface area contributed by atoms with Crippen LogP contribution in [-0.2, 0) is 9.53 Å². The van der Waals surface area contributed by atoms with Crippen molar-refractivity contribution in [2.75, 3.05) is 6.61 Å². The lowest BCUT2D eigenvalue weighted by Crippen LogP contribution is -2.40. The standard InChI is InChI=1S/C30H38F2N6O3/c1-17(2)38-23(10-11-33-38)29(40)37-27(24-5-3-4-12-41-24)28-34-21-9-8-20(14-22(21)35-28)26(19-6-7-19)36-25(39)13-18-15-30(31,32)16-18/h8-11,14,17-19,24,26-27H,3-7,12-13,15-16H2,1-2H3,(H,34,35)(H,36,39)(H,37,40)/t24-,26?,27+/m1/s1. The van der Waals surface area contributed by atoms with Crippen molar-refractivity contribution in [2.45, 2.75) is 95.4 Å². The van der Waals surface area contributed by atoms with Crippen LogP contribution < -0.4 is 10.6 Å². The number of hydrogen-bond acceptors (Lipinski definition) is 5. The van der Waals surface area contributed by atoms with E-state index in [1.165, 1.54) is 0 Å². The highest BCUT2D eigenvalue weighted by Gasteiger charge is 2.46. The van der Waals surface area contributed by atoms with Crippen molar-refractivity contribution in [3.8, 4) is 0 Å². The molecule has 3 aromatic rings. The van der Waals surface area contributed by atoms with Gasteiger partial charge in [-0.1, -0.05) is 6.07 Å². The molecule has 2 saturated carbocycles. The number of nitrogens with zero attached hydrogens (tertiary/aromatic N) is 3. The number of carbonyl (C=O) groups is 2. The second-order valence-electron chi connectivity index (χ2n) is 12.2. The summed E-state index contributed by atoms with van der Waals surface area (Å²) in [6.07, 6.45) is 5.94. The molecule has 1 aliphatic heterocycles. The van der Waals surface area contributed by atoms with Crippen molar-refractivity contribution in [2.24, 2.45) is 11.8 Å². The molecule has 220 valence electrons. The summed E-state index contributed by atoms with van der Waals surface area (Å²) in [5.74, 6) is -2.35. The lowest BCUT2D eigenvalue weighted by atomic mass is 9.79. The fourth-order valence-electron chi connectivity index (χ4n) is 6.20. The number of amides is 2. The monoisotopic (exact) mass is 568 g/mol. The number of carbonyl (C=O) groups excluding carboxylic acids is 2. The minimum Gasteiger partial charge on any atom is -0.376 e. The van der Waals surface area contributed by atoms with E-state index >= 15 is 0 Å². The third kappa shape index (κ3) is 6.14. The second kappa shape index (κ2) is 11.2. The SMILES string of the molecule is CC(C)n1nccc1C(=O)N[C@H](c1nc2ccc(C(NC(=O)CC3CC(F)(F)C3)C3CC3)cc2[nH]1)[C@H]1CCCCO1. The van der Waals surface area contributed by atoms with Crippen molar-refractivity contribution in [1.29, 1.82) is 0 Å². The van der Waals surface area contributed by atoms with Crippen LogP contribution in [0.4, 0.5) is 8.78 Å². The minimum absolute atomic E-state index is 0.0364. The Morgan fingerprint density at radius 3 is 2.61 bits per heavy atom. The normalized spacial score (nSPS) is 22.3. The number of H-pyrrole nitrogens is 1. The Hall–Kier alpha value is -3.34.